The van der Waals surface area contributed by atoms with E-state index in [1.165, 1.54) is 19.7 Å². The minimum atomic E-state index is -1.01. The predicted octanol–water partition coefficient (Wildman–Crippen LogP) is 4.07. The Morgan fingerprint density at radius 1 is 0.850 bits per heavy atom. The Hall–Kier alpha value is -4.99. The third-order valence-corrected chi connectivity index (χ3v) is 6.34. The van der Waals surface area contributed by atoms with E-state index in [4.69, 9.17) is 9.47 Å². The minimum absolute atomic E-state index is 0.104. The van der Waals surface area contributed by atoms with Gasteiger partial charge >= 0.3 is 17.8 Å². The summed E-state index contributed by atoms with van der Waals surface area (Å²) in [5.41, 5.74) is 3.54. The molecule has 40 heavy (non-hydrogen) atoms. The van der Waals surface area contributed by atoms with Crippen molar-refractivity contribution in [3.05, 3.63) is 89.5 Å². The monoisotopic (exact) mass is 542 g/mol. The summed E-state index contributed by atoms with van der Waals surface area (Å²) in [5.74, 6) is -1.94. The number of nitrogens with zero attached hydrogens (tertiary/aromatic N) is 1. The van der Waals surface area contributed by atoms with E-state index in [9.17, 15) is 19.2 Å². The van der Waals surface area contributed by atoms with Crippen LogP contribution in [0, 0.1) is 0 Å². The standard InChI is InChI=1S/C30H30N4O6/c1-39-23-16-14-21(15-17-23)30(38)40-24-11-7-8-20(18-24)19-31-34-29(37)28(36)33-26-13-6-5-12-25(26)27(35)32-22-9-3-2-4-10-22/h5-8,11-19,22H,2-4,9-10H2,1H3,(H,32,35)(H,33,36)(H,34,37)/b31-19+. The van der Waals surface area contributed by atoms with Crippen molar-refractivity contribution in [1.82, 2.24) is 10.7 Å². The fraction of sp³-hybridized carbons (Fsp3) is 0.233. The molecule has 0 radical (unpaired) electrons. The van der Waals surface area contributed by atoms with Crippen molar-refractivity contribution in [1.29, 1.82) is 0 Å². The molecule has 10 nitrogen and oxygen atoms in total. The number of nitrogens with one attached hydrogen (secondary N) is 3. The van der Waals surface area contributed by atoms with Crippen LogP contribution in [0.15, 0.2) is 77.9 Å². The predicted molar refractivity (Wildman–Crippen MR) is 150 cm³/mol. The van der Waals surface area contributed by atoms with Gasteiger partial charge in [0.25, 0.3) is 5.91 Å². The Balaban J connectivity index is 1.31. The van der Waals surface area contributed by atoms with E-state index >= 15 is 0 Å². The Labute approximate surface area is 231 Å². The molecule has 3 aromatic carbocycles. The molecule has 3 amide bonds. The van der Waals surface area contributed by atoms with Crippen molar-refractivity contribution in [3.63, 3.8) is 0 Å². The minimum Gasteiger partial charge on any atom is -0.497 e. The summed E-state index contributed by atoms with van der Waals surface area (Å²) < 4.78 is 10.5. The summed E-state index contributed by atoms with van der Waals surface area (Å²) in [7, 11) is 1.54. The van der Waals surface area contributed by atoms with Gasteiger partial charge in [-0.3, -0.25) is 14.4 Å². The molecular weight excluding hydrogens is 512 g/mol. The molecule has 10 heteroatoms. The van der Waals surface area contributed by atoms with Gasteiger partial charge in [0, 0.05) is 6.04 Å². The van der Waals surface area contributed by atoms with Crippen molar-refractivity contribution in [2.45, 2.75) is 38.1 Å². The van der Waals surface area contributed by atoms with Gasteiger partial charge in [0.2, 0.25) is 0 Å². The van der Waals surface area contributed by atoms with Crippen LogP contribution in [0.25, 0.3) is 0 Å². The maximum absolute atomic E-state index is 12.8. The molecule has 1 fully saturated rings. The number of benzene rings is 3. The average Bonchev–Trinajstić information content (AvgIpc) is 2.98. The highest BCUT2D eigenvalue weighted by Crippen LogP contribution is 2.20. The van der Waals surface area contributed by atoms with E-state index < -0.39 is 17.8 Å². The summed E-state index contributed by atoms with van der Waals surface area (Å²) in [6, 6.07) is 19.6. The van der Waals surface area contributed by atoms with Gasteiger partial charge < -0.3 is 20.1 Å². The maximum atomic E-state index is 12.8. The fourth-order valence-corrected chi connectivity index (χ4v) is 4.25. The summed E-state index contributed by atoms with van der Waals surface area (Å²) in [4.78, 5) is 50.0. The summed E-state index contributed by atoms with van der Waals surface area (Å²) in [6.45, 7) is 0. The van der Waals surface area contributed by atoms with Crippen LogP contribution in [0.1, 0.15) is 58.4 Å². The SMILES string of the molecule is COc1ccc(C(=O)Oc2cccc(/C=N/NC(=O)C(=O)Nc3ccccc3C(=O)NC3CCCCC3)c2)cc1. The number of methoxy groups -OCH3 is 1. The highest BCUT2D eigenvalue weighted by molar-refractivity contribution is 6.40. The molecule has 1 aliphatic rings. The lowest BCUT2D eigenvalue weighted by molar-refractivity contribution is -0.136. The van der Waals surface area contributed by atoms with E-state index in [-0.39, 0.29) is 28.9 Å². The number of esters is 1. The third-order valence-electron chi connectivity index (χ3n) is 6.34. The number of hydrogen-bond donors (Lipinski definition) is 3. The van der Waals surface area contributed by atoms with E-state index in [1.807, 2.05) is 0 Å². The van der Waals surface area contributed by atoms with Gasteiger partial charge in [-0.25, -0.2) is 10.2 Å². The van der Waals surface area contributed by atoms with Gasteiger partial charge in [-0.15, -0.1) is 0 Å². The van der Waals surface area contributed by atoms with Crippen molar-refractivity contribution >= 4 is 35.6 Å². The number of rotatable bonds is 8. The average molecular weight is 543 g/mol. The molecule has 1 aliphatic carbocycles. The Kier molecular flexibility index (Phi) is 9.60. The lowest BCUT2D eigenvalue weighted by Crippen LogP contribution is -2.37. The Morgan fingerprint density at radius 3 is 2.35 bits per heavy atom. The second-order valence-electron chi connectivity index (χ2n) is 9.20. The Bertz CT molecular complexity index is 1400. The number of carbonyl (C=O) groups is 4. The van der Waals surface area contributed by atoms with Gasteiger partial charge in [-0.1, -0.05) is 43.5 Å². The van der Waals surface area contributed by atoms with Gasteiger partial charge in [0.05, 0.1) is 30.1 Å². The number of hydrazone groups is 1. The smallest absolute Gasteiger partial charge is 0.343 e. The number of ether oxygens (including phenoxy) is 2. The van der Waals surface area contributed by atoms with Crippen LogP contribution in [0.2, 0.25) is 0 Å². The molecule has 0 aromatic heterocycles. The zero-order valence-corrected chi connectivity index (χ0v) is 22.0. The largest absolute Gasteiger partial charge is 0.497 e. The summed E-state index contributed by atoms with van der Waals surface area (Å²) >= 11 is 0. The second kappa shape index (κ2) is 13.7. The quantitative estimate of drug-likeness (QED) is 0.129. The zero-order chi connectivity index (χ0) is 28.3. The van der Waals surface area contributed by atoms with Crippen LogP contribution in [0.3, 0.4) is 0 Å². The van der Waals surface area contributed by atoms with Gasteiger partial charge in [-0.05, 0) is 66.9 Å². The lowest BCUT2D eigenvalue weighted by Gasteiger charge is -2.23. The van der Waals surface area contributed by atoms with Crippen LogP contribution in [-0.2, 0) is 9.59 Å². The van der Waals surface area contributed by atoms with Crippen molar-refractivity contribution in [3.8, 4) is 11.5 Å². The van der Waals surface area contributed by atoms with Crippen molar-refractivity contribution in [2.75, 3.05) is 12.4 Å². The third kappa shape index (κ3) is 7.76. The van der Waals surface area contributed by atoms with E-state index in [0.717, 1.165) is 25.7 Å². The summed E-state index contributed by atoms with van der Waals surface area (Å²) in [6.07, 6.45) is 6.47. The first-order valence-corrected chi connectivity index (χ1v) is 12.9. The molecule has 3 aromatic rings. The van der Waals surface area contributed by atoms with Crippen molar-refractivity contribution in [2.24, 2.45) is 5.10 Å². The lowest BCUT2D eigenvalue weighted by atomic mass is 9.95. The van der Waals surface area contributed by atoms with Crippen LogP contribution in [0.5, 0.6) is 11.5 Å². The number of hydrogen-bond acceptors (Lipinski definition) is 7. The highest BCUT2D eigenvalue weighted by atomic mass is 16.5. The van der Waals surface area contributed by atoms with Crippen LogP contribution < -0.4 is 25.5 Å². The molecule has 0 atom stereocenters. The van der Waals surface area contributed by atoms with Crippen molar-refractivity contribution < 1.29 is 28.7 Å². The molecule has 0 bridgehead atoms. The van der Waals surface area contributed by atoms with E-state index in [1.54, 1.807) is 72.8 Å². The number of carbonyl (C=O) groups excluding carboxylic acids is 4. The first-order valence-electron chi connectivity index (χ1n) is 12.9. The number of anilines is 1. The van der Waals surface area contributed by atoms with Gasteiger partial charge in [0.1, 0.15) is 11.5 Å². The molecule has 0 saturated heterocycles. The molecule has 3 N–H and O–H groups in total. The topological polar surface area (TPSA) is 135 Å². The van der Waals surface area contributed by atoms with E-state index in [2.05, 4.69) is 21.2 Å². The zero-order valence-electron chi connectivity index (χ0n) is 22.0. The molecule has 0 spiro atoms. The summed E-state index contributed by atoms with van der Waals surface area (Å²) in [5, 5.41) is 9.31. The molecule has 206 valence electrons. The number of para-hydroxylation sites is 1. The van der Waals surface area contributed by atoms with Gasteiger partial charge in [0.15, 0.2) is 0 Å². The molecular formula is C30H30N4O6. The van der Waals surface area contributed by atoms with E-state index in [0.29, 0.717) is 16.9 Å². The Morgan fingerprint density at radius 2 is 1.60 bits per heavy atom. The van der Waals surface area contributed by atoms with Crippen LogP contribution >= 0.6 is 0 Å². The molecule has 4 rings (SSSR count). The van der Waals surface area contributed by atoms with Gasteiger partial charge in [-0.2, -0.15) is 5.10 Å². The first kappa shape index (κ1) is 28.0. The highest BCUT2D eigenvalue weighted by Gasteiger charge is 2.21. The molecule has 0 unspecified atom stereocenters. The molecule has 1 saturated carbocycles. The fourth-order valence-electron chi connectivity index (χ4n) is 4.25. The van der Waals surface area contributed by atoms with Crippen LogP contribution in [-0.4, -0.2) is 43.1 Å². The van der Waals surface area contributed by atoms with Crippen LogP contribution in [0.4, 0.5) is 5.69 Å². The maximum Gasteiger partial charge on any atom is 0.343 e. The first-order chi connectivity index (χ1) is 19.4. The number of amides is 3. The normalized spacial score (nSPS) is 13.3. The second-order valence-corrected chi connectivity index (χ2v) is 9.20. The molecule has 0 aliphatic heterocycles. The molecule has 0 heterocycles.